The van der Waals surface area contributed by atoms with Crippen molar-refractivity contribution >= 4 is 11.8 Å². The van der Waals surface area contributed by atoms with E-state index in [1.807, 2.05) is 0 Å². The molecule has 0 N–H and O–H groups in total. The van der Waals surface area contributed by atoms with Crippen molar-refractivity contribution < 1.29 is 14.3 Å². The van der Waals surface area contributed by atoms with E-state index in [9.17, 15) is 9.59 Å². The predicted molar refractivity (Wildman–Crippen MR) is 53.0 cm³/mol. The summed E-state index contributed by atoms with van der Waals surface area (Å²) in [7, 11) is 1.48. The zero-order chi connectivity index (χ0) is 11.0. The molecule has 0 saturated heterocycles. The van der Waals surface area contributed by atoms with E-state index in [1.54, 1.807) is 0 Å². The van der Waals surface area contributed by atoms with Gasteiger partial charge in [-0.05, 0) is 41.6 Å². The van der Waals surface area contributed by atoms with Gasteiger partial charge in [0.15, 0.2) is 5.78 Å². The van der Waals surface area contributed by atoms with Crippen LogP contribution >= 0.6 is 0 Å². The third kappa shape index (κ3) is 0.324. The molecule has 0 radical (unpaired) electrons. The van der Waals surface area contributed by atoms with E-state index in [0.29, 0.717) is 35.5 Å². The van der Waals surface area contributed by atoms with E-state index in [-0.39, 0.29) is 22.6 Å². The molecule has 0 bridgehead atoms. The zero-order valence-electron chi connectivity index (χ0n) is 8.97. The molecule has 0 atom stereocenters. The molecule has 6 rings (SSSR count). The second-order valence-electron chi connectivity index (χ2n) is 6.08. The topological polar surface area (TPSA) is 43.4 Å². The van der Waals surface area contributed by atoms with Crippen LogP contribution in [0.4, 0.5) is 0 Å². The van der Waals surface area contributed by atoms with Crippen LogP contribution in [0.5, 0.6) is 0 Å². The highest BCUT2D eigenvalue weighted by Gasteiger charge is 3.12. The normalized spacial score (nSPS) is 68.3. The van der Waals surface area contributed by atoms with Crippen molar-refractivity contribution in [2.45, 2.75) is 0 Å². The van der Waals surface area contributed by atoms with Gasteiger partial charge in [-0.1, -0.05) is 6.58 Å². The molecule has 0 aromatic rings. The third-order valence-corrected chi connectivity index (χ3v) is 6.78. The Morgan fingerprint density at radius 2 is 1.50 bits per heavy atom. The number of carbonyl (C=O) groups excluding carboxylic acids is 2. The number of allylic oxidation sites excluding steroid dienone is 1. The minimum atomic E-state index is -0.113. The van der Waals surface area contributed by atoms with E-state index in [2.05, 4.69) is 6.58 Å². The van der Waals surface area contributed by atoms with Crippen LogP contribution in [0.25, 0.3) is 0 Å². The average molecular weight is 216 g/mol. The molecule has 0 spiro atoms. The minimum absolute atomic E-state index is 0.00407. The number of carbonyl (C=O) groups is 2. The minimum Gasteiger partial charge on any atom is -0.469 e. The quantitative estimate of drug-likeness (QED) is 0.514. The maximum atomic E-state index is 11.9. The van der Waals surface area contributed by atoms with Crippen LogP contribution in [0, 0.1) is 46.3 Å². The van der Waals surface area contributed by atoms with Gasteiger partial charge >= 0.3 is 5.97 Å². The Kier molecular flexibility index (Phi) is 0.851. The SMILES string of the molecule is C=CC(=O)C12C3C4C1C1C2C3C41C(=O)OC. The molecule has 0 aromatic heterocycles. The summed E-state index contributed by atoms with van der Waals surface area (Å²) >= 11 is 0. The van der Waals surface area contributed by atoms with Crippen LogP contribution in [-0.2, 0) is 14.3 Å². The van der Waals surface area contributed by atoms with Gasteiger partial charge in [0.05, 0.1) is 12.5 Å². The molecule has 0 unspecified atom stereocenters. The smallest absolute Gasteiger partial charge is 0.312 e. The van der Waals surface area contributed by atoms with Crippen molar-refractivity contribution in [1.29, 1.82) is 0 Å². The molecule has 6 aliphatic rings. The van der Waals surface area contributed by atoms with Gasteiger partial charge in [-0.15, -0.1) is 0 Å². The third-order valence-electron chi connectivity index (χ3n) is 6.78. The first-order valence-corrected chi connectivity index (χ1v) is 5.95. The molecule has 0 aromatic carbocycles. The number of ether oxygens (including phenoxy) is 1. The standard InChI is InChI=1S/C13H12O3/c1-3-4(14)12-5-8-6(12)10-7(12)9(5)13(8,10)11(15)16-2/h3,5-10H,1H2,2H3. The van der Waals surface area contributed by atoms with Gasteiger partial charge in [0.2, 0.25) is 0 Å². The molecule has 3 heteroatoms. The summed E-state index contributed by atoms with van der Waals surface area (Å²) < 4.78 is 4.94. The number of hydrogen-bond acceptors (Lipinski definition) is 3. The largest absolute Gasteiger partial charge is 0.469 e. The summed E-state index contributed by atoms with van der Waals surface area (Å²) in [5.74, 6) is 3.24. The van der Waals surface area contributed by atoms with Crippen LogP contribution < -0.4 is 0 Å². The van der Waals surface area contributed by atoms with Gasteiger partial charge in [0.1, 0.15) is 0 Å². The lowest BCUT2D eigenvalue weighted by atomic mass is 8.92. The fraction of sp³-hybridized carbons (Fsp3) is 0.692. The van der Waals surface area contributed by atoms with Crippen molar-refractivity contribution in [2.24, 2.45) is 46.3 Å². The summed E-state index contributed by atoms with van der Waals surface area (Å²) in [6.07, 6.45) is 1.49. The lowest BCUT2D eigenvalue weighted by Crippen LogP contribution is -3.11. The molecule has 3 nitrogen and oxygen atoms in total. The average Bonchev–Trinajstić information content (AvgIpc) is 2.36. The summed E-state index contributed by atoms with van der Waals surface area (Å²) in [6, 6.07) is 0. The van der Waals surface area contributed by atoms with Crippen LogP contribution in [-0.4, -0.2) is 18.9 Å². The maximum Gasteiger partial charge on any atom is 0.312 e. The molecular weight excluding hydrogens is 204 g/mol. The molecule has 6 saturated carbocycles. The summed E-state index contributed by atoms with van der Waals surface area (Å²) in [5, 5.41) is 0. The molecule has 16 heavy (non-hydrogen) atoms. The Bertz CT molecular complexity index is 450. The molecule has 6 fully saturated rings. The van der Waals surface area contributed by atoms with E-state index >= 15 is 0 Å². The highest BCUT2D eigenvalue weighted by molar-refractivity contribution is 6.04. The van der Waals surface area contributed by atoms with E-state index in [1.165, 1.54) is 13.2 Å². The van der Waals surface area contributed by atoms with Crippen LogP contribution in [0.1, 0.15) is 0 Å². The molecule has 0 heterocycles. The zero-order valence-corrected chi connectivity index (χ0v) is 8.97. The lowest BCUT2D eigenvalue weighted by Gasteiger charge is -3.09. The van der Waals surface area contributed by atoms with E-state index < -0.39 is 0 Å². The lowest BCUT2D eigenvalue weighted by molar-refractivity contribution is -0.625. The Labute approximate surface area is 92.8 Å². The van der Waals surface area contributed by atoms with Gasteiger partial charge in [0, 0.05) is 5.41 Å². The van der Waals surface area contributed by atoms with Gasteiger partial charge in [-0.3, -0.25) is 9.59 Å². The summed E-state index contributed by atoms with van der Waals surface area (Å²) in [6.45, 7) is 3.61. The Hall–Kier alpha value is -1.12. The first kappa shape index (κ1) is 8.04. The molecular formula is C13H12O3. The molecule has 82 valence electrons. The number of rotatable bonds is 3. The van der Waals surface area contributed by atoms with Crippen LogP contribution in [0.2, 0.25) is 0 Å². The van der Waals surface area contributed by atoms with Crippen LogP contribution in [0.15, 0.2) is 12.7 Å². The van der Waals surface area contributed by atoms with E-state index in [4.69, 9.17) is 4.74 Å². The Balaban J connectivity index is 1.56. The van der Waals surface area contributed by atoms with Crippen molar-refractivity contribution in [3.05, 3.63) is 12.7 Å². The highest BCUT2D eigenvalue weighted by Crippen LogP contribution is 3.10. The fourth-order valence-electron chi connectivity index (χ4n) is 6.78. The number of methoxy groups -OCH3 is 1. The van der Waals surface area contributed by atoms with Gasteiger partial charge in [-0.2, -0.15) is 0 Å². The van der Waals surface area contributed by atoms with Gasteiger partial charge < -0.3 is 4.74 Å². The first-order valence-electron chi connectivity index (χ1n) is 5.95. The Morgan fingerprint density at radius 3 is 1.88 bits per heavy atom. The van der Waals surface area contributed by atoms with Crippen molar-refractivity contribution in [1.82, 2.24) is 0 Å². The first-order chi connectivity index (χ1) is 7.69. The number of ketones is 1. The summed E-state index contributed by atoms with van der Waals surface area (Å²) in [5.41, 5.74) is -0.143. The second kappa shape index (κ2) is 1.69. The highest BCUT2D eigenvalue weighted by atomic mass is 16.5. The van der Waals surface area contributed by atoms with Gasteiger partial charge in [0.25, 0.3) is 0 Å². The van der Waals surface area contributed by atoms with Gasteiger partial charge in [-0.25, -0.2) is 0 Å². The maximum absolute atomic E-state index is 11.9. The number of hydrogen-bond donors (Lipinski definition) is 0. The predicted octanol–water partition coefficient (Wildman–Crippen LogP) is 0.652. The van der Waals surface area contributed by atoms with Crippen molar-refractivity contribution in [2.75, 3.05) is 7.11 Å². The Morgan fingerprint density at radius 1 is 1.06 bits per heavy atom. The molecule has 6 aliphatic carbocycles. The van der Waals surface area contributed by atoms with E-state index in [0.717, 1.165) is 0 Å². The van der Waals surface area contributed by atoms with Crippen molar-refractivity contribution in [3.8, 4) is 0 Å². The monoisotopic (exact) mass is 216 g/mol. The summed E-state index contributed by atoms with van der Waals surface area (Å²) in [4.78, 5) is 23.7. The number of esters is 1. The second-order valence-corrected chi connectivity index (χ2v) is 6.08. The molecule has 0 aliphatic heterocycles. The molecule has 0 amide bonds. The van der Waals surface area contributed by atoms with Crippen molar-refractivity contribution in [3.63, 3.8) is 0 Å². The van der Waals surface area contributed by atoms with Crippen LogP contribution in [0.3, 0.4) is 0 Å². The fourth-order valence-corrected chi connectivity index (χ4v) is 6.78.